The van der Waals surface area contributed by atoms with Crippen molar-refractivity contribution in [3.63, 3.8) is 0 Å². The fraction of sp³-hybridized carbons (Fsp3) is 0.324. The lowest BCUT2D eigenvalue weighted by atomic mass is 10.0. The van der Waals surface area contributed by atoms with E-state index in [0.717, 1.165) is 53.1 Å². The Labute approximate surface area is 315 Å². The van der Waals surface area contributed by atoms with Crippen LogP contribution < -0.4 is 31.8 Å². The number of carbonyl (C=O) groups excluding carboxylic acids is 3. The number of hydrogen-bond acceptors (Lipinski definition) is 12. The van der Waals surface area contributed by atoms with Crippen LogP contribution in [0, 0.1) is 5.82 Å². The standard InChI is InChI=1S/C34H34ClFN10O5S2/c1-51-43-26(24-16-53-34(38)41-24)30(47)42-27-31(48)46-28(33(49)50)19(15-52-32(27)46)12-44-7-4-17-5-8-45(25(17)14-44)13-21-22(35)9-18(10-23(21)36)29(37)40-20-3-2-6-39-11-20/h4-5,7-10,14,16,20,27,32,39H,2-3,6,11-13,15H2,1H3,(H5-,37,38,40,41,42,47,49,50)/b43-26-/t20?,27-,32-/m1/s1. The van der Waals surface area contributed by atoms with Crippen LogP contribution in [0.3, 0.4) is 0 Å². The predicted molar refractivity (Wildman–Crippen MR) is 196 cm³/mol. The summed E-state index contributed by atoms with van der Waals surface area (Å²) < 4.78 is 19.2. The first-order valence-corrected chi connectivity index (χ1v) is 18.8. The van der Waals surface area contributed by atoms with Crippen LogP contribution in [0.4, 0.5) is 9.52 Å². The number of carboxylic acid groups (broad SMARTS) is 1. The number of carbonyl (C=O) groups is 3. The number of nitrogen functional groups attached to an aromatic ring is 1. The van der Waals surface area contributed by atoms with Gasteiger partial charge in [-0.15, -0.1) is 23.1 Å². The van der Waals surface area contributed by atoms with E-state index in [1.165, 1.54) is 30.3 Å². The van der Waals surface area contributed by atoms with Crippen LogP contribution in [-0.4, -0.2) is 87.2 Å². The molecule has 53 heavy (non-hydrogen) atoms. The number of fused-ring (bicyclic) bond motifs is 2. The summed E-state index contributed by atoms with van der Waals surface area (Å²) in [6, 6.07) is 5.72. The molecule has 276 valence electrons. The highest BCUT2D eigenvalue weighted by atomic mass is 35.5. The molecule has 2 amide bonds. The molecular weight excluding hydrogens is 747 g/mol. The van der Waals surface area contributed by atoms with Crippen molar-refractivity contribution < 1.29 is 33.3 Å². The summed E-state index contributed by atoms with van der Waals surface area (Å²) in [6.45, 7) is 1.90. The number of thiazole rings is 1. The number of nitrogens with zero attached hydrogens (tertiary/aromatic N) is 6. The highest BCUT2D eigenvalue weighted by molar-refractivity contribution is 8.00. The summed E-state index contributed by atoms with van der Waals surface area (Å²) in [5, 5.41) is 24.3. The van der Waals surface area contributed by atoms with Crippen molar-refractivity contribution in [3.05, 3.63) is 87.2 Å². The number of aliphatic imine (C=N–C) groups is 1. The predicted octanol–water partition coefficient (Wildman–Crippen LogP) is 0.720. The van der Waals surface area contributed by atoms with E-state index in [1.54, 1.807) is 16.8 Å². The highest BCUT2D eigenvalue weighted by Gasteiger charge is 2.53. The molecule has 4 aromatic rings. The van der Waals surface area contributed by atoms with E-state index < -0.39 is 35.0 Å². The van der Waals surface area contributed by atoms with E-state index in [2.05, 4.69) is 25.8 Å². The molecule has 2 saturated heterocycles. The molecule has 3 aliphatic heterocycles. The molecule has 0 aliphatic carbocycles. The van der Waals surface area contributed by atoms with Crippen LogP contribution in [-0.2, 0) is 32.3 Å². The lowest BCUT2D eigenvalue weighted by molar-refractivity contribution is -0.687. The zero-order valence-corrected chi connectivity index (χ0v) is 30.6. The number of oxime groups is 1. The Hall–Kier alpha value is -5.04. The van der Waals surface area contributed by atoms with Crippen molar-refractivity contribution in [1.29, 1.82) is 0 Å². The Morgan fingerprint density at radius 1 is 1.32 bits per heavy atom. The molecule has 3 atom stereocenters. The number of benzene rings is 1. The van der Waals surface area contributed by atoms with Crippen molar-refractivity contribution >= 4 is 80.1 Å². The second kappa shape index (κ2) is 15.1. The second-order valence-electron chi connectivity index (χ2n) is 12.6. The molecule has 0 bridgehead atoms. The molecule has 19 heteroatoms. The van der Waals surface area contributed by atoms with Gasteiger partial charge >= 0.3 is 0 Å². The molecule has 6 heterocycles. The molecule has 2 fully saturated rings. The Bertz CT molecular complexity index is 2190. The number of nitrogens with two attached hydrogens (primary N) is 2. The van der Waals surface area contributed by atoms with Gasteiger partial charge in [-0.2, -0.15) is 4.57 Å². The van der Waals surface area contributed by atoms with E-state index in [4.69, 9.17) is 27.9 Å². The number of halogens is 2. The molecule has 6 N–H and O–H groups in total. The lowest BCUT2D eigenvalue weighted by Gasteiger charge is -2.50. The molecule has 0 saturated carbocycles. The quantitative estimate of drug-likeness (QED) is 0.0551. The molecule has 15 nitrogen and oxygen atoms in total. The van der Waals surface area contributed by atoms with E-state index in [0.29, 0.717) is 11.1 Å². The van der Waals surface area contributed by atoms with E-state index >= 15 is 4.39 Å². The molecule has 0 radical (unpaired) electrons. The third-order valence-electron chi connectivity index (χ3n) is 9.19. The van der Waals surface area contributed by atoms with Crippen molar-refractivity contribution in [1.82, 2.24) is 25.1 Å². The van der Waals surface area contributed by atoms with Crippen LogP contribution in [0.1, 0.15) is 29.7 Å². The van der Waals surface area contributed by atoms with Gasteiger partial charge in [-0.05, 0) is 37.6 Å². The maximum atomic E-state index is 15.5. The molecule has 1 aromatic carbocycles. The Morgan fingerprint density at radius 2 is 2.15 bits per heavy atom. The number of amidine groups is 1. The van der Waals surface area contributed by atoms with Crippen molar-refractivity contribution in [2.45, 2.75) is 43.4 Å². The summed E-state index contributed by atoms with van der Waals surface area (Å²) in [5.41, 5.74) is 13.6. The van der Waals surface area contributed by atoms with Gasteiger partial charge in [-0.1, -0.05) is 16.8 Å². The summed E-state index contributed by atoms with van der Waals surface area (Å²) in [6.07, 6.45) is 7.32. The zero-order valence-electron chi connectivity index (χ0n) is 28.3. The smallest absolute Gasteiger partial charge is 0.276 e. The molecule has 7 rings (SSSR count). The first-order chi connectivity index (χ1) is 25.5. The van der Waals surface area contributed by atoms with Crippen molar-refractivity contribution in [2.75, 3.05) is 31.7 Å². The van der Waals surface area contributed by atoms with Gasteiger partial charge in [0, 0.05) is 57.0 Å². The molecule has 0 spiro atoms. The number of anilines is 1. The normalized spacial score (nSPS) is 20.7. The van der Waals surface area contributed by atoms with Crippen molar-refractivity contribution in [2.24, 2.45) is 15.9 Å². The minimum atomic E-state index is -1.51. The maximum Gasteiger partial charge on any atom is 0.276 e. The summed E-state index contributed by atoms with van der Waals surface area (Å²) in [7, 11) is 1.26. The van der Waals surface area contributed by atoms with Gasteiger partial charge in [0.05, 0.1) is 24.3 Å². The molecule has 3 aromatic heterocycles. The average Bonchev–Trinajstić information content (AvgIpc) is 3.76. The SMILES string of the molecule is CO/N=C(\C(=O)N[C@@H]1C(=O)N2C(C(=O)[O-])=C(C[n+]3ccc4ccn(Cc5c(F)cc(C(N)=NC6CCCNC6)cc5Cl)c4c3)CS[C@H]12)c1csc(N)n1. The summed E-state index contributed by atoms with van der Waals surface area (Å²) in [4.78, 5) is 53.4. The lowest BCUT2D eigenvalue weighted by Crippen LogP contribution is -2.71. The summed E-state index contributed by atoms with van der Waals surface area (Å²) in [5.74, 6) is -2.88. The maximum absolute atomic E-state index is 15.5. The number of thioether (sulfide) groups is 1. The van der Waals surface area contributed by atoms with Crippen LogP contribution >= 0.6 is 34.7 Å². The molecule has 3 aliphatic rings. The Kier molecular flexibility index (Phi) is 10.4. The third-order valence-corrected chi connectivity index (χ3v) is 11.5. The van der Waals surface area contributed by atoms with E-state index in [1.807, 2.05) is 29.1 Å². The minimum absolute atomic E-state index is 0.0252. The number of β-lactam (4-membered cyclic amide) rings is 1. The number of pyridine rings is 1. The minimum Gasteiger partial charge on any atom is -0.543 e. The zero-order chi connectivity index (χ0) is 37.4. The highest BCUT2D eigenvalue weighted by Crippen LogP contribution is 2.40. The first-order valence-electron chi connectivity index (χ1n) is 16.5. The second-order valence-corrected chi connectivity index (χ2v) is 15.0. The van der Waals surface area contributed by atoms with Crippen LogP contribution in [0.5, 0.6) is 0 Å². The largest absolute Gasteiger partial charge is 0.543 e. The number of piperidine rings is 1. The average molecular weight is 781 g/mol. The number of hydrogen-bond donors (Lipinski definition) is 4. The van der Waals surface area contributed by atoms with Gasteiger partial charge in [0.25, 0.3) is 11.8 Å². The molecule has 1 unspecified atom stereocenters. The van der Waals surface area contributed by atoms with Gasteiger partial charge in [-0.25, -0.2) is 9.37 Å². The number of rotatable bonds is 11. The van der Waals surface area contributed by atoms with Crippen LogP contribution in [0.15, 0.2) is 69.7 Å². The summed E-state index contributed by atoms with van der Waals surface area (Å²) >= 11 is 9.02. The van der Waals surface area contributed by atoms with E-state index in [-0.39, 0.29) is 63.5 Å². The number of amides is 2. The van der Waals surface area contributed by atoms with Gasteiger partial charge in [0.1, 0.15) is 41.4 Å². The topological polar surface area (TPSA) is 209 Å². The van der Waals surface area contributed by atoms with Crippen LogP contribution in [0.25, 0.3) is 10.9 Å². The fourth-order valence-electron chi connectivity index (χ4n) is 6.61. The van der Waals surface area contributed by atoms with Crippen LogP contribution in [0.2, 0.25) is 5.02 Å². The van der Waals surface area contributed by atoms with E-state index in [9.17, 15) is 19.5 Å². The Balaban J connectivity index is 1.08. The number of carboxylic acids is 1. The number of aliphatic carboxylic acids is 1. The Morgan fingerprint density at radius 3 is 2.85 bits per heavy atom. The monoisotopic (exact) mass is 780 g/mol. The first kappa shape index (κ1) is 36.3. The van der Waals surface area contributed by atoms with Gasteiger partial charge < -0.3 is 41.4 Å². The van der Waals surface area contributed by atoms with Gasteiger partial charge in [0.2, 0.25) is 0 Å². The van der Waals surface area contributed by atoms with Crippen molar-refractivity contribution in [3.8, 4) is 0 Å². The van der Waals surface area contributed by atoms with Gasteiger partial charge in [-0.3, -0.25) is 19.5 Å². The number of nitrogens with one attached hydrogen (secondary N) is 2. The molecular formula is C34H34ClFN10O5S2. The fourth-order valence-corrected chi connectivity index (χ4v) is 8.76. The third kappa shape index (κ3) is 7.31. The van der Waals surface area contributed by atoms with Gasteiger partial charge in [0.15, 0.2) is 29.8 Å². The number of aromatic nitrogens is 3.